The Morgan fingerprint density at radius 2 is 2.25 bits per heavy atom. The van der Waals surface area contributed by atoms with Crippen LogP contribution in [-0.2, 0) is 7.05 Å². The molecule has 2 heterocycles. The molecular weight excluding hydrogens is 220 g/mol. The first-order valence-electron chi connectivity index (χ1n) is 3.44. The van der Waals surface area contributed by atoms with Gasteiger partial charge in [-0.25, -0.2) is 9.67 Å². The third kappa shape index (κ3) is 1.27. The minimum Gasteiger partial charge on any atom is -0.338 e. The Balaban J connectivity index is 2.43. The van der Waals surface area contributed by atoms with Crippen LogP contribution < -0.4 is 0 Å². The minimum absolute atomic E-state index is 0.822. The van der Waals surface area contributed by atoms with Gasteiger partial charge in [-0.15, -0.1) is 0 Å². The quantitative estimate of drug-likeness (QED) is 0.737. The van der Waals surface area contributed by atoms with Gasteiger partial charge in [0.05, 0.1) is 17.0 Å². The first kappa shape index (κ1) is 7.54. The molecule has 0 saturated carbocycles. The molecule has 62 valence electrons. The Morgan fingerprint density at radius 3 is 2.75 bits per heavy atom. The first-order chi connectivity index (χ1) is 5.75. The zero-order valence-electron chi connectivity index (χ0n) is 6.48. The van der Waals surface area contributed by atoms with Crippen LogP contribution in [0.3, 0.4) is 0 Å². The summed E-state index contributed by atoms with van der Waals surface area (Å²) in [7, 11) is 1.93. The third-order valence-electron chi connectivity index (χ3n) is 1.48. The second-order valence-electron chi connectivity index (χ2n) is 2.50. The molecule has 2 rings (SSSR count). The van der Waals surface area contributed by atoms with E-state index >= 15 is 0 Å². The van der Waals surface area contributed by atoms with E-state index < -0.39 is 0 Å². The fourth-order valence-electron chi connectivity index (χ4n) is 0.943. The Labute approximate surface area is 78.0 Å². The lowest BCUT2D eigenvalue weighted by molar-refractivity contribution is 0.851. The number of aromatic nitrogens is 4. The molecule has 0 radical (unpaired) electrons. The van der Waals surface area contributed by atoms with Crippen LogP contribution in [0.5, 0.6) is 0 Å². The molecule has 0 aliphatic rings. The van der Waals surface area contributed by atoms with Gasteiger partial charge in [-0.1, -0.05) is 0 Å². The molecule has 12 heavy (non-hydrogen) atoms. The molecule has 2 aromatic rings. The van der Waals surface area contributed by atoms with Gasteiger partial charge < -0.3 is 4.57 Å². The number of rotatable bonds is 1. The summed E-state index contributed by atoms with van der Waals surface area (Å²) < 4.78 is 4.54. The highest BCUT2D eigenvalue weighted by Crippen LogP contribution is 2.09. The summed E-state index contributed by atoms with van der Waals surface area (Å²) in [6.07, 6.45) is 7.24. The number of hydrogen-bond acceptors (Lipinski definition) is 2. The summed E-state index contributed by atoms with van der Waals surface area (Å²) in [6.45, 7) is 0. The largest absolute Gasteiger partial charge is 0.338 e. The maximum absolute atomic E-state index is 4.14. The lowest BCUT2D eigenvalue weighted by Gasteiger charge is -1.91. The van der Waals surface area contributed by atoms with Gasteiger partial charge in [0, 0.05) is 19.4 Å². The van der Waals surface area contributed by atoms with E-state index in [0.717, 1.165) is 10.3 Å². The molecule has 4 nitrogen and oxygen atoms in total. The number of hydrogen-bond donors (Lipinski definition) is 0. The van der Waals surface area contributed by atoms with Crippen molar-refractivity contribution in [2.45, 2.75) is 0 Å². The summed E-state index contributed by atoms with van der Waals surface area (Å²) in [5, 5.41) is 4.09. The summed E-state index contributed by atoms with van der Waals surface area (Å²) in [5.41, 5.74) is 0. The maximum atomic E-state index is 4.14. The van der Waals surface area contributed by atoms with Gasteiger partial charge in [0.2, 0.25) is 0 Å². The Morgan fingerprint density at radius 1 is 1.42 bits per heavy atom. The van der Waals surface area contributed by atoms with Crippen LogP contribution in [0.15, 0.2) is 29.4 Å². The van der Waals surface area contributed by atoms with Crippen LogP contribution >= 0.6 is 15.9 Å². The zero-order valence-corrected chi connectivity index (χ0v) is 8.06. The molecule has 0 amide bonds. The van der Waals surface area contributed by atoms with Crippen LogP contribution in [0.1, 0.15) is 0 Å². The first-order valence-corrected chi connectivity index (χ1v) is 4.23. The van der Waals surface area contributed by atoms with E-state index in [1.54, 1.807) is 17.2 Å². The van der Waals surface area contributed by atoms with Crippen LogP contribution in [0, 0.1) is 0 Å². The monoisotopic (exact) mass is 226 g/mol. The fraction of sp³-hybridized carbons (Fsp3) is 0.143. The van der Waals surface area contributed by atoms with Crippen molar-refractivity contribution in [2.24, 2.45) is 7.05 Å². The van der Waals surface area contributed by atoms with E-state index in [1.165, 1.54) is 0 Å². The molecule has 2 aromatic heterocycles. The molecule has 0 atom stereocenters. The number of nitrogens with zero attached hydrogens (tertiary/aromatic N) is 4. The number of halogens is 1. The second-order valence-corrected chi connectivity index (χ2v) is 3.42. The van der Waals surface area contributed by atoms with E-state index in [1.807, 2.05) is 24.0 Å². The fourth-order valence-corrected chi connectivity index (χ4v) is 1.23. The van der Waals surface area contributed by atoms with Crippen LogP contribution in [-0.4, -0.2) is 19.3 Å². The molecule has 0 N–H and O–H groups in total. The van der Waals surface area contributed by atoms with Crippen molar-refractivity contribution in [3.8, 4) is 5.82 Å². The van der Waals surface area contributed by atoms with Crippen molar-refractivity contribution >= 4 is 15.9 Å². The molecule has 0 spiro atoms. The highest BCUT2D eigenvalue weighted by Gasteiger charge is 2.00. The van der Waals surface area contributed by atoms with E-state index in [-0.39, 0.29) is 0 Å². The average Bonchev–Trinajstić information content (AvgIpc) is 2.58. The van der Waals surface area contributed by atoms with Crippen molar-refractivity contribution in [1.29, 1.82) is 0 Å². The molecule has 0 aliphatic carbocycles. The summed E-state index contributed by atoms with van der Waals surface area (Å²) in [6, 6.07) is 0. The van der Waals surface area contributed by atoms with E-state index in [9.17, 15) is 0 Å². The summed E-state index contributed by atoms with van der Waals surface area (Å²) in [5.74, 6) is 0.822. The van der Waals surface area contributed by atoms with Gasteiger partial charge in [-0.05, 0) is 15.9 Å². The predicted octanol–water partition coefficient (Wildman–Crippen LogP) is 1.37. The normalized spacial score (nSPS) is 10.5. The Kier molecular flexibility index (Phi) is 1.73. The highest BCUT2D eigenvalue weighted by molar-refractivity contribution is 9.10. The molecule has 0 saturated heterocycles. The highest BCUT2D eigenvalue weighted by atomic mass is 79.9. The second kappa shape index (κ2) is 2.75. The van der Waals surface area contributed by atoms with Crippen molar-refractivity contribution < 1.29 is 0 Å². The molecule has 5 heteroatoms. The summed E-state index contributed by atoms with van der Waals surface area (Å²) >= 11 is 3.32. The van der Waals surface area contributed by atoms with Crippen LogP contribution in [0.2, 0.25) is 0 Å². The summed E-state index contributed by atoms with van der Waals surface area (Å²) in [4.78, 5) is 4.14. The van der Waals surface area contributed by atoms with Gasteiger partial charge in [-0.2, -0.15) is 5.10 Å². The predicted molar refractivity (Wildman–Crippen MR) is 48.0 cm³/mol. The van der Waals surface area contributed by atoms with Crippen LogP contribution in [0.25, 0.3) is 5.82 Å². The van der Waals surface area contributed by atoms with Crippen molar-refractivity contribution in [2.75, 3.05) is 0 Å². The lowest BCUT2D eigenvalue weighted by Crippen LogP contribution is -1.93. The van der Waals surface area contributed by atoms with Gasteiger partial charge in [0.1, 0.15) is 0 Å². The van der Waals surface area contributed by atoms with Crippen molar-refractivity contribution in [3.05, 3.63) is 29.4 Å². The molecular formula is C7H7BrN4. The third-order valence-corrected chi connectivity index (χ3v) is 1.89. The lowest BCUT2D eigenvalue weighted by atomic mass is 10.7. The van der Waals surface area contributed by atoms with Crippen molar-refractivity contribution in [1.82, 2.24) is 19.3 Å². The molecule has 0 aliphatic heterocycles. The molecule has 0 fully saturated rings. The van der Waals surface area contributed by atoms with Gasteiger partial charge in [-0.3, -0.25) is 0 Å². The van der Waals surface area contributed by atoms with Crippen molar-refractivity contribution in [3.63, 3.8) is 0 Å². The minimum atomic E-state index is 0.822. The molecule has 0 aromatic carbocycles. The van der Waals surface area contributed by atoms with E-state index in [4.69, 9.17) is 0 Å². The number of imidazole rings is 1. The average molecular weight is 227 g/mol. The zero-order chi connectivity index (χ0) is 8.55. The van der Waals surface area contributed by atoms with Crippen LogP contribution in [0.4, 0.5) is 0 Å². The maximum Gasteiger partial charge on any atom is 0.171 e. The Hall–Kier alpha value is -1.10. The van der Waals surface area contributed by atoms with E-state index in [2.05, 4.69) is 26.0 Å². The standard InChI is InChI=1S/C7H7BrN4/c1-11-4-7(9-5-11)12-3-6(8)2-10-12/h2-5H,1H3. The number of aryl methyl sites for hydroxylation is 1. The Bertz CT molecular complexity index is 351. The van der Waals surface area contributed by atoms with Gasteiger partial charge in [0.25, 0.3) is 0 Å². The topological polar surface area (TPSA) is 35.6 Å². The molecule has 0 bridgehead atoms. The van der Waals surface area contributed by atoms with Gasteiger partial charge >= 0.3 is 0 Å². The molecule has 0 unspecified atom stereocenters. The van der Waals surface area contributed by atoms with Gasteiger partial charge in [0.15, 0.2) is 5.82 Å². The SMILES string of the molecule is Cn1cnc(-n2cc(Br)cn2)c1. The smallest absolute Gasteiger partial charge is 0.171 e. The van der Waals surface area contributed by atoms with E-state index in [0.29, 0.717) is 0 Å².